The first-order chi connectivity index (χ1) is 8.36. The number of nitrogens with two attached hydrogens (primary N) is 1. The van der Waals surface area contributed by atoms with Crippen molar-refractivity contribution in [2.24, 2.45) is 17.6 Å². The number of carbonyl (C=O) groups is 1. The van der Waals surface area contributed by atoms with E-state index in [2.05, 4.69) is 5.32 Å². The van der Waals surface area contributed by atoms with Crippen LogP contribution in [0.5, 0.6) is 0 Å². The number of halogens is 3. The predicted octanol–water partition coefficient (Wildman–Crippen LogP) is 2.27. The van der Waals surface area contributed by atoms with Crippen LogP contribution in [-0.2, 0) is 4.79 Å². The van der Waals surface area contributed by atoms with E-state index in [1.165, 1.54) is 0 Å². The van der Waals surface area contributed by atoms with E-state index in [1.54, 1.807) is 0 Å². The fourth-order valence-corrected chi connectivity index (χ4v) is 1.54. The molecule has 1 amide bonds. The molecule has 18 heavy (non-hydrogen) atoms. The lowest BCUT2D eigenvalue weighted by Crippen LogP contribution is -2.33. The van der Waals surface area contributed by atoms with Crippen LogP contribution in [0.15, 0.2) is 12.1 Å². The van der Waals surface area contributed by atoms with Gasteiger partial charge in [0.25, 0.3) is 0 Å². The number of hydrogen-bond acceptors (Lipinski definition) is 2. The van der Waals surface area contributed by atoms with E-state index in [0.717, 1.165) is 12.1 Å². The molecule has 0 saturated heterocycles. The van der Waals surface area contributed by atoms with E-state index in [-0.39, 0.29) is 18.2 Å². The van der Waals surface area contributed by atoms with Crippen LogP contribution < -0.4 is 11.1 Å². The van der Waals surface area contributed by atoms with Crippen molar-refractivity contribution in [3.05, 3.63) is 29.6 Å². The number of carbonyl (C=O) groups excluding carboxylic acids is 1. The lowest BCUT2D eigenvalue weighted by Gasteiger charge is -2.18. The van der Waals surface area contributed by atoms with E-state index in [1.807, 2.05) is 13.8 Å². The maximum Gasteiger partial charge on any atom is 0.229 e. The van der Waals surface area contributed by atoms with E-state index in [0.29, 0.717) is 0 Å². The van der Waals surface area contributed by atoms with Crippen LogP contribution in [0, 0.1) is 29.3 Å². The maximum absolute atomic E-state index is 12.9. The normalized spacial score (nSPS) is 12.6. The fraction of sp³-hybridized carbons (Fsp3) is 0.417. The van der Waals surface area contributed by atoms with E-state index < -0.39 is 29.3 Å². The van der Waals surface area contributed by atoms with Crippen LogP contribution in [0.3, 0.4) is 0 Å². The highest BCUT2D eigenvalue weighted by atomic mass is 19.2. The molecule has 1 atom stereocenters. The summed E-state index contributed by atoms with van der Waals surface area (Å²) in [5.74, 6) is -5.19. The Morgan fingerprint density at radius 3 is 2.17 bits per heavy atom. The second kappa shape index (κ2) is 5.86. The molecule has 0 fully saturated rings. The van der Waals surface area contributed by atoms with Gasteiger partial charge in [-0.2, -0.15) is 0 Å². The molecule has 0 aliphatic heterocycles. The first kappa shape index (κ1) is 14.5. The summed E-state index contributed by atoms with van der Waals surface area (Å²) in [7, 11) is 0. The van der Waals surface area contributed by atoms with Crippen molar-refractivity contribution in [2.45, 2.75) is 13.8 Å². The number of amides is 1. The fourth-order valence-electron chi connectivity index (χ4n) is 1.54. The molecule has 0 heterocycles. The van der Waals surface area contributed by atoms with E-state index >= 15 is 0 Å². The van der Waals surface area contributed by atoms with Crippen LogP contribution >= 0.6 is 0 Å². The van der Waals surface area contributed by atoms with Crippen LogP contribution in [0.25, 0.3) is 0 Å². The summed E-state index contributed by atoms with van der Waals surface area (Å²) in [6.07, 6.45) is 0. The Morgan fingerprint density at radius 1 is 1.28 bits per heavy atom. The molecule has 0 aliphatic carbocycles. The molecular weight excluding hydrogens is 245 g/mol. The van der Waals surface area contributed by atoms with Gasteiger partial charge < -0.3 is 11.1 Å². The molecule has 3 nitrogen and oxygen atoms in total. The summed E-state index contributed by atoms with van der Waals surface area (Å²) in [5.41, 5.74) is 5.31. The topological polar surface area (TPSA) is 55.1 Å². The summed E-state index contributed by atoms with van der Waals surface area (Å²) in [5, 5.41) is 2.32. The van der Waals surface area contributed by atoms with E-state index in [4.69, 9.17) is 5.73 Å². The summed E-state index contributed by atoms with van der Waals surface area (Å²) < 4.78 is 38.6. The molecule has 0 radical (unpaired) electrons. The quantitative estimate of drug-likeness (QED) is 0.816. The smallest absolute Gasteiger partial charge is 0.229 e. The SMILES string of the molecule is CC(C)C(CN)C(=O)Nc1cc(F)c(F)c(F)c1. The zero-order valence-electron chi connectivity index (χ0n) is 10.1. The number of nitrogens with one attached hydrogen (secondary N) is 1. The maximum atomic E-state index is 12.9. The summed E-state index contributed by atoms with van der Waals surface area (Å²) in [6, 6.07) is 1.45. The molecule has 1 unspecified atom stereocenters. The van der Waals surface area contributed by atoms with Crippen molar-refractivity contribution >= 4 is 11.6 Å². The van der Waals surface area contributed by atoms with Gasteiger partial charge in [-0.15, -0.1) is 0 Å². The molecule has 1 aromatic carbocycles. The van der Waals surface area contributed by atoms with Gasteiger partial charge in [-0.05, 0) is 5.92 Å². The van der Waals surface area contributed by atoms with Gasteiger partial charge in [0.1, 0.15) is 0 Å². The van der Waals surface area contributed by atoms with Gasteiger partial charge in [0, 0.05) is 24.4 Å². The van der Waals surface area contributed by atoms with Crippen molar-refractivity contribution in [3.63, 3.8) is 0 Å². The Hall–Kier alpha value is -1.56. The van der Waals surface area contributed by atoms with Crippen molar-refractivity contribution in [2.75, 3.05) is 11.9 Å². The standard InChI is InChI=1S/C12H15F3N2O/c1-6(2)8(5-16)12(18)17-7-3-9(13)11(15)10(14)4-7/h3-4,6,8H,5,16H2,1-2H3,(H,17,18). The van der Waals surface area contributed by atoms with Gasteiger partial charge in [-0.25, -0.2) is 13.2 Å². The summed E-state index contributed by atoms with van der Waals surface area (Å²) in [4.78, 5) is 11.8. The summed E-state index contributed by atoms with van der Waals surface area (Å²) in [6.45, 7) is 3.74. The highest BCUT2D eigenvalue weighted by Gasteiger charge is 2.21. The van der Waals surface area contributed by atoms with Crippen molar-refractivity contribution in [1.82, 2.24) is 0 Å². The molecule has 1 rings (SSSR count). The molecule has 100 valence electrons. The third-order valence-electron chi connectivity index (χ3n) is 2.65. The Kier molecular flexibility index (Phi) is 4.72. The molecule has 0 saturated carbocycles. The number of hydrogen-bond donors (Lipinski definition) is 2. The molecule has 0 spiro atoms. The van der Waals surface area contributed by atoms with Crippen molar-refractivity contribution < 1.29 is 18.0 Å². The monoisotopic (exact) mass is 260 g/mol. The Labute approximate surface area is 103 Å². The zero-order chi connectivity index (χ0) is 13.9. The second-order valence-corrected chi connectivity index (χ2v) is 4.33. The van der Waals surface area contributed by atoms with Gasteiger partial charge in [-0.1, -0.05) is 13.8 Å². The molecule has 3 N–H and O–H groups in total. The Balaban J connectivity index is 2.88. The summed E-state index contributed by atoms with van der Waals surface area (Å²) >= 11 is 0. The van der Waals surface area contributed by atoms with Crippen LogP contribution in [0.1, 0.15) is 13.8 Å². The molecule has 0 bridgehead atoms. The van der Waals surface area contributed by atoms with Crippen LogP contribution in [-0.4, -0.2) is 12.5 Å². The molecule has 6 heteroatoms. The zero-order valence-corrected chi connectivity index (χ0v) is 10.1. The molecule has 0 aromatic heterocycles. The lowest BCUT2D eigenvalue weighted by molar-refractivity contribution is -0.120. The highest BCUT2D eigenvalue weighted by molar-refractivity contribution is 5.92. The van der Waals surface area contributed by atoms with Gasteiger partial charge in [0.05, 0.1) is 5.92 Å². The first-order valence-corrected chi connectivity index (χ1v) is 5.52. The van der Waals surface area contributed by atoms with Crippen molar-refractivity contribution in [3.8, 4) is 0 Å². The van der Waals surface area contributed by atoms with Gasteiger partial charge in [0.15, 0.2) is 17.5 Å². The molecule has 1 aromatic rings. The third kappa shape index (κ3) is 3.22. The minimum absolute atomic E-state index is 0.00913. The molecule has 0 aliphatic rings. The van der Waals surface area contributed by atoms with E-state index in [9.17, 15) is 18.0 Å². The van der Waals surface area contributed by atoms with Gasteiger partial charge in [-0.3, -0.25) is 4.79 Å². The van der Waals surface area contributed by atoms with Crippen LogP contribution in [0.4, 0.5) is 18.9 Å². The first-order valence-electron chi connectivity index (χ1n) is 5.52. The van der Waals surface area contributed by atoms with Gasteiger partial charge >= 0.3 is 0 Å². The largest absolute Gasteiger partial charge is 0.330 e. The van der Waals surface area contributed by atoms with Gasteiger partial charge in [0.2, 0.25) is 5.91 Å². The third-order valence-corrected chi connectivity index (χ3v) is 2.65. The predicted molar refractivity (Wildman–Crippen MR) is 62.3 cm³/mol. The molecular formula is C12H15F3N2O. The highest BCUT2D eigenvalue weighted by Crippen LogP contribution is 2.19. The lowest BCUT2D eigenvalue weighted by atomic mass is 9.95. The Morgan fingerprint density at radius 2 is 1.78 bits per heavy atom. The van der Waals surface area contributed by atoms with Crippen molar-refractivity contribution in [1.29, 1.82) is 0 Å². The number of anilines is 1. The number of rotatable bonds is 4. The minimum atomic E-state index is -1.56. The minimum Gasteiger partial charge on any atom is -0.330 e. The Bertz CT molecular complexity index is 426. The average molecular weight is 260 g/mol. The second-order valence-electron chi connectivity index (χ2n) is 4.33. The average Bonchev–Trinajstić information content (AvgIpc) is 2.26. The number of benzene rings is 1. The van der Waals surface area contributed by atoms with Crippen LogP contribution in [0.2, 0.25) is 0 Å².